The van der Waals surface area contributed by atoms with E-state index in [2.05, 4.69) is 11.4 Å². The van der Waals surface area contributed by atoms with E-state index in [4.69, 9.17) is 4.42 Å². The fourth-order valence-corrected chi connectivity index (χ4v) is 3.45. The molecule has 25 heavy (non-hydrogen) atoms. The molecule has 0 spiro atoms. The van der Waals surface area contributed by atoms with Gasteiger partial charge in [0.15, 0.2) is 0 Å². The average Bonchev–Trinajstić information content (AvgIpc) is 3.13. The first-order valence-corrected chi connectivity index (χ1v) is 8.84. The Morgan fingerprint density at radius 1 is 1.28 bits per heavy atom. The number of aryl methyl sites for hydroxylation is 2. The number of aliphatic hydroxyl groups excluding tert-OH is 1. The van der Waals surface area contributed by atoms with Crippen molar-refractivity contribution < 1.29 is 14.3 Å². The summed E-state index contributed by atoms with van der Waals surface area (Å²) in [5, 5.41) is 13.9. The second-order valence-electron chi connectivity index (χ2n) is 6.92. The summed E-state index contributed by atoms with van der Waals surface area (Å²) in [6.07, 6.45) is 4.29. The lowest BCUT2D eigenvalue weighted by molar-refractivity contribution is 0.0697. The Kier molecular flexibility index (Phi) is 5.56. The SMILES string of the molecule is Cc1cc(C)cc(C(O)CNC2CCN(C(=O)c3ccoc3)CC2)c1. The van der Waals surface area contributed by atoms with Gasteiger partial charge in [-0.2, -0.15) is 0 Å². The Morgan fingerprint density at radius 3 is 2.56 bits per heavy atom. The summed E-state index contributed by atoms with van der Waals surface area (Å²) in [5.74, 6) is 0.0301. The summed E-state index contributed by atoms with van der Waals surface area (Å²) in [5.41, 5.74) is 3.90. The molecule has 1 fully saturated rings. The topological polar surface area (TPSA) is 65.7 Å². The third-order valence-electron chi connectivity index (χ3n) is 4.78. The van der Waals surface area contributed by atoms with Crippen molar-refractivity contribution in [1.29, 1.82) is 0 Å². The van der Waals surface area contributed by atoms with Crippen LogP contribution in [0.3, 0.4) is 0 Å². The zero-order valence-electron chi connectivity index (χ0n) is 14.9. The van der Waals surface area contributed by atoms with Gasteiger partial charge in [0.2, 0.25) is 0 Å². The third-order valence-corrected chi connectivity index (χ3v) is 4.78. The maximum absolute atomic E-state index is 12.3. The summed E-state index contributed by atoms with van der Waals surface area (Å²) in [6.45, 7) is 6.07. The van der Waals surface area contributed by atoms with Gasteiger partial charge >= 0.3 is 0 Å². The van der Waals surface area contributed by atoms with E-state index in [9.17, 15) is 9.90 Å². The molecule has 1 aromatic heterocycles. The lowest BCUT2D eigenvalue weighted by atomic mass is 10.0. The Morgan fingerprint density at radius 2 is 1.96 bits per heavy atom. The first-order valence-electron chi connectivity index (χ1n) is 8.84. The highest BCUT2D eigenvalue weighted by molar-refractivity contribution is 5.93. The van der Waals surface area contributed by atoms with E-state index in [0.29, 0.717) is 18.2 Å². The lowest BCUT2D eigenvalue weighted by Gasteiger charge is -2.32. The van der Waals surface area contributed by atoms with Gasteiger partial charge < -0.3 is 19.7 Å². The van der Waals surface area contributed by atoms with E-state index in [1.54, 1.807) is 6.07 Å². The minimum Gasteiger partial charge on any atom is -0.472 e. The fraction of sp³-hybridized carbons (Fsp3) is 0.450. The van der Waals surface area contributed by atoms with Gasteiger partial charge in [-0.1, -0.05) is 29.3 Å². The summed E-state index contributed by atoms with van der Waals surface area (Å²) < 4.78 is 4.98. The summed E-state index contributed by atoms with van der Waals surface area (Å²) in [6, 6.07) is 8.20. The molecule has 1 atom stereocenters. The molecule has 2 aromatic rings. The van der Waals surface area contributed by atoms with Gasteiger partial charge in [-0.25, -0.2) is 0 Å². The molecule has 1 aromatic carbocycles. The molecule has 1 aliphatic rings. The van der Waals surface area contributed by atoms with Gasteiger partial charge in [0.25, 0.3) is 5.91 Å². The molecule has 1 saturated heterocycles. The van der Waals surface area contributed by atoms with Crippen LogP contribution in [0.1, 0.15) is 46.0 Å². The second kappa shape index (κ2) is 7.85. The van der Waals surface area contributed by atoms with Crippen molar-refractivity contribution in [2.75, 3.05) is 19.6 Å². The highest BCUT2D eigenvalue weighted by Crippen LogP contribution is 2.18. The zero-order valence-corrected chi connectivity index (χ0v) is 14.9. The van der Waals surface area contributed by atoms with Gasteiger partial charge in [0, 0.05) is 25.7 Å². The quantitative estimate of drug-likeness (QED) is 0.877. The molecule has 5 nitrogen and oxygen atoms in total. The van der Waals surface area contributed by atoms with Crippen LogP contribution in [-0.4, -0.2) is 41.6 Å². The Hall–Kier alpha value is -2.11. The first kappa shape index (κ1) is 17.7. The maximum atomic E-state index is 12.3. The maximum Gasteiger partial charge on any atom is 0.257 e. The fourth-order valence-electron chi connectivity index (χ4n) is 3.45. The van der Waals surface area contributed by atoms with Crippen LogP contribution < -0.4 is 5.32 Å². The number of aliphatic hydroxyl groups is 1. The van der Waals surface area contributed by atoms with Crippen molar-refractivity contribution in [3.05, 3.63) is 59.0 Å². The van der Waals surface area contributed by atoms with Gasteiger partial charge in [-0.15, -0.1) is 0 Å². The van der Waals surface area contributed by atoms with Crippen LogP contribution in [0, 0.1) is 13.8 Å². The molecule has 1 amide bonds. The third kappa shape index (κ3) is 4.50. The average molecular weight is 342 g/mol. The van der Waals surface area contributed by atoms with Gasteiger partial charge in [0.1, 0.15) is 6.26 Å². The highest BCUT2D eigenvalue weighted by Gasteiger charge is 2.24. The Balaban J connectivity index is 1.47. The van der Waals surface area contributed by atoms with Crippen molar-refractivity contribution in [1.82, 2.24) is 10.2 Å². The molecule has 0 bridgehead atoms. The number of carbonyl (C=O) groups is 1. The highest BCUT2D eigenvalue weighted by atomic mass is 16.3. The van der Waals surface area contributed by atoms with Crippen LogP contribution in [0.25, 0.3) is 0 Å². The monoisotopic (exact) mass is 342 g/mol. The minimum absolute atomic E-state index is 0.0301. The molecule has 1 unspecified atom stereocenters. The number of amides is 1. The molecule has 134 valence electrons. The lowest BCUT2D eigenvalue weighted by Crippen LogP contribution is -2.45. The number of carbonyl (C=O) groups excluding carboxylic acids is 1. The van der Waals surface area contributed by atoms with Crippen molar-refractivity contribution in [3.63, 3.8) is 0 Å². The molecule has 1 aliphatic heterocycles. The number of furan rings is 1. The van der Waals surface area contributed by atoms with Crippen LogP contribution in [0.15, 0.2) is 41.2 Å². The Labute approximate surface area is 148 Å². The van der Waals surface area contributed by atoms with E-state index in [-0.39, 0.29) is 5.91 Å². The standard InChI is InChI=1S/C20H26N2O3/c1-14-9-15(2)11-17(10-14)19(23)12-21-18-3-6-22(7-4-18)20(24)16-5-8-25-13-16/h5,8-11,13,18-19,21,23H,3-4,6-7,12H2,1-2H3. The number of piperidine rings is 1. The predicted octanol–water partition coefficient (Wildman–Crippen LogP) is 2.82. The number of likely N-dealkylation sites (tertiary alicyclic amines) is 1. The summed E-state index contributed by atoms with van der Waals surface area (Å²) in [7, 11) is 0. The van der Waals surface area contributed by atoms with E-state index in [0.717, 1.165) is 31.5 Å². The smallest absolute Gasteiger partial charge is 0.257 e. The largest absolute Gasteiger partial charge is 0.472 e. The van der Waals surface area contributed by atoms with Crippen molar-refractivity contribution in [2.24, 2.45) is 0 Å². The molecule has 5 heteroatoms. The molecule has 0 aliphatic carbocycles. The number of nitrogens with one attached hydrogen (secondary N) is 1. The Bertz CT molecular complexity index is 683. The number of rotatable bonds is 5. The van der Waals surface area contributed by atoms with Crippen molar-refractivity contribution in [3.8, 4) is 0 Å². The normalized spacial score (nSPS) is 16.8. The first-order chi connectivity index (χ1) is 12.0. The van der Waals surface area contributed by atoms with Crippen LogP contribution in [0.4, 0.5) is 0 Å². The van der Waals surface area contributed by atoms with E-state index in [1.807, 2.05) is 30.9 Å². The molecule has 0 radical (unpaired) electrons. The van der Waals surface area contributed by atoms with Gasteiger partial charge in [0.05, 0.1) is 17.9 Å². The number of benzene rings is 1. The summed E-state index contributed by atoms with van der Waals surface area (Å²) >= 11 is 0. The minimum atomic E-state index is -0.510. The number of hydrogen-bond donors (Lipinski definition) is 2. The summed E-state index contributed by atoms with van der Waals surface area (Å²) in [4.78, 5) is 14.2. The van der Waals surface area contributed by atoms with Crippen LogP contribution in [0.2, 0.25) is 0 Å². The number of nitrogens with zero attached hydrogens (tertiary/aromatic N) is 1. The van der Waals surface area contributed by atoms with Gasteiger partial charge in [-0.3, -0.25) is 4.79 Å². The van der Waals surface area contributed by atoms with E-state index < -0.39 is 6.10 Å². The van der Waals surface area contributed by atoms with Crippen molar-refractivity contribution in [2.45, 2.75) is 38.8 Å². The molecule has 3 rings (SSSR count). The second-order valence-corrected chi connectivity index (χ2v) is 6.92. The zero-order chi connectivity index (χ0) is 17.8. The van der Waals surface area contributed by atoms with Crippen LogP contribution in [0.5, 0.6) is 0 Å². The molecular formula is C20H26N2O3. The van der Waals surface area contributed by atoms with E-state index in [1.165, 1.54) is 23.7 Å². The predicted molar refractivity (Wildman–Crippen MR) is 96.5 cm³/mol. The van der Waals surface area contributed by atoms with E-state index >= 15 is 0 Å². The van der Waals surface area contributed by atoms with Gasteiger partial charge in [-0.05, 0) is 38.3 Å². The molecule has 2 N–H and O–H groups in total. The molecular weight excluding hydrogens is 316 g/mol. The van der Waals surface area contributed by atoms with Crippen molar-refractivity contribution >= 4 is 5.91 Å². The molecule has 0 saturated carbocycles. The van der Waals surface area contributed by atoms with Crippen LogP contribution in [-0.2, 0) is 0 Å². The number of hydrogen-bond acceptors (Lipinski definition) is 4. The molecule has 2 heterocycles. The van der Waals surface area contributed by atoms with Crippen LogP contribution >= 0.6 is 0 Å².